The number of hydrogen-bond donors (Lipinski definition) is 2. The maximum atomic E-state index is 12.9. The Balaban J connectivity index is 1.78. The number of benzene rings is 2. The molecule has 0 aliphatic carbocycles. The molecule has 1 aromatic heterocycles. The van der Waals surface area contributed by atoms with Crippen molar-refractivity contribution in [3.05, 3.63) is 89.9 Å². The maximum absolute atomic E-state index is 12.9. The van der Waals surface area contributed by atoms with Gasteiger partial charge in [-0.2, -0.15) is 0 Å². The Labute approximate surface area is 162 Å². The Bertz CT molecular complexity index is 965. The number of ketones is 1. The van der Waals surface area contributed by atoms with E-state index in [-0.39, 0.29) is 17.5 Å². The average Bonchev–Trinajstić information content (AvgIpc) is 3.23. The number of carbonyl (C=O) groups excluding carboxylic acids is 3. The maximum Gasteiger partial charge on any atom is 0.287 e. The van der Waals surface area contributed by atoms with Gasteiger partial charge in [-0.05, 0) is 36.8 Å². The van der Waals surface area contributed by atoms with Gasteiger partial charge in [-0.1, -0.05) is 42.5 Å². The SMILES string of the molecule is CC(=O)c1cccc(NC(=O)[C@H](Cc2ccccc2)NC(=O)c2ccco2)c1. The third kappa shape index (κ3) is 4.94. The van der Waals surface area contributed by atoms with E-state index in [0.717, 1.165) is 5.56 Å². The minimum atomic E-state index is -0.819. The first kappa shape index (κ1) is 19.1. The molecule has 1 atom stereocenters. The second-order valence-electron chi connectivity index (χ2n) is 6.32. The van der Waals surface area contributed by atoms with Crippen molar-refractivity contribution in [1.82, 2.24) is 5.32 Å². The van der Waals surface area contributed by atoms with Crippen molar-refractivity contribution in [2.24, 2.45) is 0 Å². The number of furan rings is 1. The summed E-state index contributed by atoms with van der Waals surface area (Å²) in [5.41, 5.74) is 1.89. The van der Waals surface area contributed by atoms with E-state index < -0.39 is 11.9 Å². The van der Waals surface area contributed by atoms with Crippen molar-refractivity contribution in [2.45, 2.75) is 19.4 Å². The van der Waals surface area contributed by atoms with Crippen LogP contribution in [-0.2, 0) is 11.2 Å². The van der Waals surface area contributed by atoms with Crippen LogP contribution in [0.4, 0.5) is 5.69 Å². The Morgan fingerprint density at radius 1 is 0.964 bits per heavy atom. The first-order valence-electron chi connectivity index (χ1n) is 8.83. The molecule has 3 aromatic rings. The van der Waals surface area contributed by atoms with Crippen LogP contribution >= 0.6 is 0 Å². The number of nitrogens with one attached hydrogen (secondary N) is 2. The number of rotatable bonds is 7. The van der Waals surface area contributed by atoms with Gasteiger partial charge in [-0.15, -0.1) is 0 Å². The van der Waals surface area contributed by atoms with Crippen LogP contribution in [0, 0.1) is 0 Å². The molecule has 0 unspecified atom stereocenters. The summed E-state index contributed by atoms with van der Waals surface area (Å²) in [7, 11) is 0. The number of carbonyl (C=O) groups is 3. The lowest BCUT2D eigenvalue weighted by molar-refractivity contribution is -0.118. The van der Waals surface area contributed by atoms with Gasteiger partial charge in [0.05, 0.1) is 6.26 Å². The molecule has 0 spiro atoms. The minimum Gasteiger partial charge on any atom is -0.459 e. The zero-order valence-electron chi connectivity index (χ0n) is 15.3. The van der Waals surface area contributed by atoms with Crippen molar-refractivity contribution >= 4 is 23.3 Å². The highest BCUT2D eigenvalue weighted by atomic mass is 16.3. The van der Waals surface area contributed by atoms with E-state index in [2.05, 4.69) is 10.6 Å². The molecule has 0 fully saturated rings. The van der Waals surface area contributed by atoms with Crippen molar-refractivity contribution < 1.29 is 18.8 Å². The van der Waals surface area contributed by atoms with E-state index in [4.69, 9.17) is 4.42 Å². The summed E-state index contributed by atoms with van der Waals surface area (Å²) in [4.78, 5) is 36.8. The summed E-state index contributed by atoms with van der Waals surface area (Å²) in [6.07, 6.45) is 1.71. The summed E-state index contributed by atoms with van der Waals surface area (Å²) >= 11 is 0. The lowest BCUT2D eigenvalue weighted by Crippen LogP contribution is -2.45. The lowest BCUT2D eigenvalue weighted by atomic mass is 10.0. The molecule has 2 aromatic carbocycles. The highest BCUT2D eigenvalue weighted by molar-refractivity contribution is 6.01. The van der Waals surface area contributed by atoms with Crippen LogP contribution in [0.2, 0.25) is 0 Å². The van der Waals surface area contributed by atoms with Crippen molar-refractivity contribution in [3.63, 3.8) is 0 Å². The first-order chi connectivity index (χ1) is 13.5. The fourth-order valence-electron chi connectivity index (χ4n) is 2.74. The zero-order chi connectivity index (χ0) is 19.9. The molecule has 6 heteroatoms. The number of anilines is 1. The van der Waals surface area contributed by atoms with Crippen molar-refractivity contribution in [1.29, 1.82) is 0 Å². The molecular formula is C22H20N2O4. The van der Waals surface area contributed by atoms with Crippen LogP contribution in [0.1, 0.15) is 33.4 Å². The Kier molecular flexibility index (Phi) is 6.01. The van der Waals surface area contributed by atoms with Crippen molar-refractivity contribution in [3.8, 4) is 0 Å². The molecule has 0 aliphatic rings. The molecule has 0 radical (unpaired) electrons. The topological polar surface area (TPSA) is 88.4 Å². The summed E-state index contributed by atoms with van der Waals surface area (Å²) in [6.45, 7) is 1.46. The quantitative estimate of drug-likeness (QED) is 0.618. The van der Waals surface area contributed by atoms with E-state index in [1.807, 2.05) is 30.3 Å². The largest absolute Gasteiger partial charge is 0.459 e. The smallest absolute Gasteiger partial charge is 0.287 e. The molecule has 2 N–H and O–H groups in total. The monoisotopic (exact) mass is 376 g/mol. The molecule has 3 rings (SSSR count). The second-order valence-corrected chi connectivity index (χ2v) is 6.32. The van der Waals surface area contributed by atoms with Crippen LogP contribution in [0.25, 0.3) is 0 Å². The summed E-state index contributed by atoms with van der Waals surface area (Å²) in [5.74, 6) is -0.824. The van der Waals surface area contributed by atoms with Gasteiger partial charge in [0.25, 0.3) is 5.91 Å². The second kappa shape index (κ2) is 8.81. The van der Waals surface area contributed by atoms with Gasteiger partial charge in [0.2, 0.25) is 5.91 Å². The predicted octanol–water partition coefficient (Wildman–Crippen LogP) is 3.46. The number of hydrogen-bond acceptors (Lipinski definition) is 4. The highest BCUT2D eigenvalue weighted by Gasteiger charge is 2.23. The Hall–Kier alpha value is -3.67. The average molecular weight is 376 g/mol. The fourth-order valence-corrected chi connectivity index (χ4v) is 2.74. The third-order valence-corrected chi connectivity index (χ3v) is 4.19. The van der Waals surface area contributed by atoms with Crippen LogP contribution < -0.4 is 10.6 Å². The Morgan fingerprint density at radius 3 is 2.43 bits per heavy atom. The van der Waals surface area contributed by atoms with Gasteiger partial charge in [0.15, 0.2) is 11.5 Å². The summed E-state index contributed by atoms with van der Waals surface area (Å²) < 4.78 is 5.11. The normalized spacial score (nSPS) is 11.5. The molecule has 0 saturated heterocycles. The molecular weight excluding hydrogens is 356 g/mol. The molecule has 0 saturated carbocycles. The van der Waals surface area contributed by atoms with E-state index in [1.54, 1.807) is 30.3 Å². The third-order valence-electron chi connectivity index (χ3n) is 4.19. The van der Waals surface area contributed by atoms with Crippen LogP contribution in [0.3, 0.4) is 0 Å². The van der Waals surface area contributed by atoms with Gasteiger partial charge in [0, 0.05) is 17.7 Å². The lowest BCUT2D eigenvalue weighted by Gasteiger charge is -2.18. The van der Waals surface area contributed by atoms with Gasteiger partial charge < -0.3 is 15.1 Å². The van der Waals surface area contributed by atoms with Gasteiger partial charge in [-0.3, -0.25) is 14.4 Å². The predicted molar refractivity (Wildman–Crippen MR) is 105 cm³/mol. The Morgan fingerprint density at radius 2 is 1.75 bits per heavy atom. The fraction of sp³-hybridized carbons (Fsp3) is 0.136. The van der Waals surface area contributed by atoms with E-state index in [0.29, 0.717) is 17.7 Å². The molecule has 2 amide bonds. The van der Waals surface area contributed by atoms with E-state index in [1.165, 1.54) is 19.3 Å². The molecule has 1 heterocycles. The molecule has 142 valence electrons. The number of amides is 2. The van der Waals surface area contributed by atoms with Crippen molar-refractivity contribution in [2.75, 3.05) is 5.32 Å². The van der Waals surface area contributed by atoms with E-state index in [9.17, 15) is 14.4 Å². The van der Waals surface area contributed by atoms with Crippen LogP contribution in [0.5, 0.6) is 0 Å². The van der Waals surface area contributed by atoms with Crippen LogP contribution in [-0.4, -0.2) is 23.6 Å². The molecule has 0 bridgehead atoms. The van der Waals surface area contributed by atoms with Gasteiger partial charge >= 0.3 is 0 Å². The van der Waals surface area contributed by atoms with Gasteiger partial charge in [-0.25, -0.2) is 0 Å². The van der Waals surface area contributed by atoms with E-state index >= 15 is 0 Å². The molecule has 28 heavy (non-hydrogen) atoms. The minimum absolute atomic E-state index is 0.0944. The number of Topliss-reactive ketones (excluding diaryl/α,β-unsaturated/α-hetero) is 1. The van der Waals surface area contributed by atoms with Gasteiger partial charge in [0.1, 0.15) is 6.04 Å². The molecule has 6 nitrogen and oxygen atoms in total. The summed E-state index contributed by atoms with van der Waals surface area (Å²) in [6, 6.07) is 18.4. The van der Waals surface area contributed by atoms with Crippen LogP contribution in [0.15, 0.2) is 77.4 Å². The molecule has 0 aliphatic heterocycles. The summed E-state index contributed by atoms with van der Waals surface area (Å²) in [5, 5.41) is 5.49. The first-order valence-corrected chi connectivity index (χ1v) is 8.83. The highest BCUT2D eigenvalue weighted by Crippen LogP contribution is 2.13. The zero-order valence-corrected chi connectivity index (χ0v) is 15.3. The standard InChI is InChI=1S/C22H20N2O4/c1-15(25)17-9-5-10-18(14-17)23-21(26)19(13-16-7-3-2-4-8-16)24-22(27)20-11-6-12-28-20/h2-12,14,19H,13H2,1H3,(H,23,26)(H,24,27)/t19-/m0/s1.